The number of hydrogen-bond acceptors (Lipinski definition) is 2. The fourth-order valence-electron chi connectivity index (χ4n) is 1.35. The van der Waals surface area contributed by atoms with Crippen molar-refractivity contribution >= 4 is 17.8 Å². The summed E-state index contributed by atoms with van der Waals surface area (Å²) in [6.07, 6.45) is 1.26. The van der Waals surface area contributed by atoms with Gasteiger partial charge >= 0.3 is 5.97 Å². The Bertz CT molecular complexity index is 493. The van der Waals surface area contributed by atoms with E-state index >= 15 is 0 Å². The van der Waals surface area contributed by atoms with Crippen molar-refractivity contribution in [2.45, 2.75) is 20.8 Å². The van der Waals surface area contributed by atoms with Crippen molar-refractivity contribution in [2.75, 3.05) is 0 Å². The van der Waals surface area contributed by atoms with E-state index in [4.69, 9.17) is 5.11 Å². The van der Waals surface area contributed by atoms with Crippen LogP contribution in [0.1, 0.15) is 26.3 Å². The van der Waals surface area contributed by atoms with Gasteiger partial charge in [0, 0.05) is 5.41 Å². The Labute approximate surface area is 105 Å². The molecule has 1 aromatic carbocycles. The molecule has 1 aromatic rings. The van der Waals surface area contributed by atoms with Crippen LogP contribution in [0.5, 0.6) is 0 Å². The maximum atomic E-state index is 12.7. The van der Waals surface area contributed by atoms with Crippen LogP contribution in [0.3, 0.4) is 0 Å². The van der Waals surface area contributed by atoms with E-state index in [1.165, 1.54) is 30.3 Å². The molecule has 0 amide bonds. The molecule has 0 saturated carbocycles. The lowest BCUT2D eigenvalue weighted by Gasteiger charge is -2.16. The Hall–Kier alpha value is -1.97. The molecule has 0 bridgehead atoms. The van der Waals surface area contributed by atoms with Crippen LogP contribution in [0.25, 0.3) is 6.08 Å². The summed E-state index contributed by atoms with van der Waals surface area (Å²) < 4.78 is 12.7. The molecule has 96 valence electrons. The largest absolute Gasteiger partial charge is 0.478 e. The van der Waals surface area contributed by atoms with E-state index in [0.29, 0.717) is 5.56 Å². The lowest BCUT2D eigenvalue weighted by Crippen LogP contribution is -2.25. The van der Waals surface area contributed by atoms with Crippen LogP contribution < -0.4 is 0 Å². The van der Waals surface area contributed by atoms with E-state index in [1.54, 1.807) is 20.8 Å². The molecule has 3 nitrogen and oxygen atoms in total. The fourth-order valence-corrected chi connectivity index (χ4v) is 1.35. The Kier molecular flexibility index (Phi) is 4.01. The number of carbonyl (C=O) groups is 2. The van der Waals surface area contributed by atoms with Crippen molar-refractivity contribution in [3.8, 4) is 0 Å². The smallest absolute Gasteiger partial charge is 0.339 e. The quantitative estimate of drug-likeness (QED) is 0.510. The van der Waals surface area contributed by atoms with Gasteiger partial charge in [-0.2, -0.15) is 0 Å². The Morgan fingerprint density at radius 1 is 1.17 bits per heavy atom. The van der Waals surface area contributed by atoms with Crippen molar-refractivity contribution in [2.24, 2.45) is 5.41 Å². The summed E-state index contributed by atoms with van der Waals surface area (Å²) in [4.78, 5) is 23.1. The van der Waals surface area contributed by atoms with Gasteiger partial charge in [-0.1, -0.05) is 32.9 Å². The summed E-state index contributed by atoms with van der Waals surface area (Å²) in [5.74, 6) is -2.15. The average Bonchev–Trinajstić information content (AvgIpc) is 2.25. The molecule has 0 fully saturated rings. The van der Waals surface area contributed by atoms with Crippen molar-refractivity contribution in [3.63, 3.8) is 0 Å². The third-order valence-electron chi connectivity index (χ3n) is 2.34. The van der Waals surface area contributed by atoms with Crippen molar-refractivity contribution in [1.82, 2.24) is 0 Å². The fraction of sp³-hybridized carbons (Fsp3) is 0.286. The third-order valence-corrected chi connectivity index (χ3v) is 2.34. The first-order valence-corrected chi connectivity index (χ1v) is 5.47. The molecule has 0 saturated heterocycles. The first-order chi connectivity index (χ1) is 8.21. The first-order valence-electron chi connectivity index (χ1n) is 5.47. The van der Waals surface area contributed by atoms with Gasteiger partial charge in [0.2, 0.25) is 0 Å². The molecule has 0 spiro atoms. The van der Waals surface area contributed by atoms with Crippen molar-refractivity contribution in [1.29, 1.82) is 0 Å². The standard InChI is InChI=1S/C14H15FO3/c1-14(2,3)12(16)11(13(17)18)8-9-4-6-10(15)7-5-9/h4-8H,1-3H3,(H,17,18). The zero-order valence-electron chi connectivity index (χ0n) is 10.5. The lowest BCUT2D eigenvalue weighted by molar-refractivity contribution is -0.136. The summed E-state index contributed by atoms with van der Waals surface area (Å²) in [6, 6.07) is 5.28. The van der Waals surface area contributed by atoms with E-state index in [-0.39, 0.29) is 5.57 Å². The Morgan fingerprint density at radius 3 is 2.06 bits per heavy atom. The molecule has 0 unspecified atom stereocenters. The van der Waals surface area contributed by atoms with Crippen LogP contribution in [0, 0.1) is 11.2 Å². The number of hydrogen-bond donors (Lipinski definition) is 1. The van der Waals surface area contributed by atoms with Gasteiger partial charge in [0.25, 0.3) is 0 Å². The van der Waals surface area contributed by atoms with E-state index < -0.39 is 23.0 Å². The number of ketones is 1. The van der Waals surface area contributed by atoms with Crippen molar-refractivity contribution < 1.29 is 19.1 Å². The predicted octanol–water partition coefficient (Wildman–Crippen LogP) is 2.91. The summed E-state index contributed by atoms with van der Waals surface area (Å²) in [6.45, 7) is 4.95. The maximum Gasteiger partial charge on any atom is 0.339 e. The monoisotopic (exact) mass is 250 g/mol. The molecule has 0 heterocycles. The molecule has 4 heteroatoms. The first kappa shape index (κ1) is 14.1. The second-order valence-electron chi connectivity index (χ2n) is 4.99. The summed E-state index contributed by atoms with van der Waals surface area (Å²) in [5.41, 5.74) is -0.593. The van der Waals surface area contributed by atoms with Crippen LogP contribution >= 0.6 is 0 Å². The summed E-state index contributed by atoms with van der Waals surface area (Å²) in [5, 5.41) is 9.06. The molecule has 18 heavy (non-hydrogen) atoms. The highest BCUT2D eigenvalue weighted by Gasteiger charge is 2.28. The van der Waals surface area contributed by atoms with Gasteiger partial charge in [0.05, 0.1) is 0 Å². The minimum atomic E-state index is -1.28. The van der Waals surface area contributed by atoms with Gasteiger partial charge in [-0.05, 0) is 23.8 Å². The second-order valence-corrected chi connectivity index (χ2v) is 4.99. The van der Waals surface area contributed by atoms with Crippen LogP contribution in [0.15, 0.2) is 29.8 Å². The van der Waals surface area contributed by atoms with E-state index in [9.17, 15) is 14.0 Å². The summed E-state index contributed by atoms with van der Waals surface area (Å²) in [7, 11) is 0. The van der Waals surface area contributed by atoms with E-state index in [1.807, 2.05) is 0 Å². The number of halogens is 1. The number of rotatable bonds is 3. The molecular formula is C14H15FO3. The molecule has 0 aliphatic carbocycles. The summed E-state index contributed by atoms with van der Waals surface area (Å²) >= 11 is 0. The number of carboxylic acid groups (broad SMARTS) is 1. The molecule has 0 atom stereocenters. The van der Waals surface area contributed by atoms with Crippen LogP contribution in [0.2, 0.25) is 0 Å². The van der Waals surface area contributed by atoms with Gasteiger partial charge in [-0.3, -0.25) is 4.79 Å². The van der Waals surface area contributed by atoms with Crippen LogP contribution in [0.4, 0.5) is 4.39 Å². The highest BCUT2D eigenvalue weighted by atomic mass is 19.1. The SMILES string of the molecule is CC(C)(C)C(=O)C(=Cc1ccc(F)cc1)C(=O)O. The highest BCUT2D eigenvalue weighted by Crippen LogP contribution is 2.22. The zero-order valence-corrected chi connectivity index (χ0v) is 10.5. The molecule has 0 aliphatic rings. The number of aliphatic carboxylic acids is 1. The number of Topliss-reactive ketones (excluding diaryl/α,β-unsaturated/α-hetero) is 1. The van der Waals surface area contributed by atoms with Crippen LogP contribution in [-0.4, -0.2) is 16.9 Å². The Morgan fingerprint density at radius 2 is 1.67 bits per heavy atom. The van der Waals surface area contributed by atoms with Gasteiger partial charge in [-0.25, -0.2) is 9.18 Å². The van der Waals surface area contributed by atoms with Crippen molar-refractivity contribution in [3.05, 3.63) is 41.2 Å². The number of benzene rings is 1. The predicted molar refractivity (Wildman–Crippen MR) is 66.5 cm³/mol. The number of carboxylic acids is 1. The lowest BCUT2D eigenvalue weighted by atomic mass is 9.85. The third kappa shape index (κ3) is 3.52. The number of carbonyl (C=O) groups excluding carboxylic acids is 1. The van der Waals surface area contributed by atoms with E-state index in [0.717, 1.165) is 0 Å². The highest BCUT2D eigenvalue weighted by molar-refractivity contribution is 6.21. The average molecular weight is 250 g/mol. The van der Waals surface area contributed by atoms with E-state index in [2.05, 4.69) is 0 Å². The molecule has 1 N–H and O–H groups in total. The normalized spacial score (nSPS) is 12.3. The van der Waals surface area contributed by atoms with Gasteiger partial charge in [-0.15, -0.1) is 0 Å². The van der Waals surface area contributed by atoms with Crippen LogP contribution in [-0.2, 0) is 9.59 Å². The topological polar surface area (TPSA) is 54.4 Å². The zero-order chi connectivity index (χ0) is 13.9. The molecule has 0 radical (unpaired) electrons. The van der Waals surface area contributed by atoms with Gasteiger partial charge in [0.1, 0.15) is 11.4 Å². The Balaban J connectivity index is 3.18. The molecular weight excluding hydrogens is 235 g/mol. The second kappa shape index (κ2) is 5.12. The van der Waals surface area contributed by atoms with Gasteiger partial charge in [0.15, 0.2) is 5.78 Å². The minimum absolute atomic E-state index is 0.297. The minimum Gasteiger partial charge on any atom is -0.478 e. The molecule has 0 aliphatic heterocycles. The maximum absolute atomic E-state index is 12.7. The molecule has 0 aromatic heterocycles. The van der Waals surface area contributed by atoms with Gasteiger partial charge < -0.3 is 5.11 Å². The molecule has 1 rings (SSSR count).